The summed E-state index contributed by atoms with van der Waals surface area (Å²) in [4.78, 5) is 0. The van der Waals surface area contributed by atoms with Crippen molar-refractivity contribution in [3.63, 3.8) is 0 Å². The van der Waals surface area contributed by atoms with Crippen molar-refractivity contribution in [1.29, 1.82) is 0 Å². The molecule has 3 rings (SSSR count). The molecule has 0 amide bonds. The Bertz CT molecular complexity index is 395. The Morgan fingerprint density at radius 1 is 1.32 bits per heavy atom. The first-order chi connectivity index (χ1) is 9.36. The van der Waals surface area contributed by atoms with E-state index in [1.807, 2.05) is 10.9 Å². The van der Waals surface area contributed by atoms with Gasteiger partial charge >= 0.3 is 0 Å². The molecule has 1 saturated carbocycles. The summed E-state index contributed by atoms with van der Waals surface area (Å²) in [5.41, 5.74) is 1.19. The molecular weight excluding hydrogens is 236 g/mol. The molecule has 0 bridgehead atoms. The summed E-state index contributed by atoms with van der Waals surface area (Å²) in [6.45, 7) is 4.28. The lowest BCUT2D eigenvalue weighted by Gasteiger charge is -2.33. The molecule has 2 heterocycles. The van der Waals surface area contributed by atoms with Crippen LogP contribution in [-0.4, -0.2) is 28.4 Å². The summed E-state index contributed by atoms with van der Waals surface area (Å²) in [5, 5.41) is 11.8. The van der Waals surface area contributed by atoms with Crippen LogP contribution in [0.2, 0.25) is 0 Å². The molecule has 4 heteroatoms. The van der Waals surface area contributed by atoms with Gasteiger partial charge in [-0.05, 0) is 45.1 Å². The maximum absolute atomic E-state index is 4.35. The molecule has 3 unspecified atom stereocenters. The first-order valence-corrected chi connectivity index (χ1v) is 7.89. The fraction of sp³-hybridized carbons (Fsp3) is 0.800. The largest absolute Gasteiger partial charge is 0.379 e. The van der Waals surface area contributed by atoms with Crippen molar-refractivity contribution in [1.82, 2.24) is 15.1 Å². The van der Waals surface area contributed by atoms with Gasteiger partial charge in [0.05, 0.1) is 11.9 Å². The van der Waals surface area contributed by atoms with Gasteiger partial charge in [0, 0.05) is 24.8 Å². The molecule has 0 aromatic carbocycles. The van der Waals surface area contributed by atoms with Gasteiger partial charge in [0.1, 0.15) is 0 Å². The van der Waals surface area contributed by atoms with E-state index in [0.29, 0.717) is 6.04 Å². The maximum atomic E-state index is 4.35. The van der Waals surface area contributed by atoms with Gasteiger partial charge < -0.3 is 10.6 Å². The van der Waals surface area contributed by atoms with Crippen LogP contribution in [0.5, 0.6) is 0 Å². The van der Waals surface area contributed by atoms with Gasteiger partial charge in [-0.15, -0.1) is 0 Å². The van der Waals surface area contributed by atoms with Crippen molar-refractivity contribution in [2.75, 3.05) is 11.9 Å². The van der Waals surface area contributed by atoms with E-state index in [0.717, 1.165) is 18.5 Å². The van der Waals surface area contributed by atoms with Crippen LogP contribution in [0, 0.1) is 5.92 Å². The Kier molecular flexibility index (Phi) is 4.06. The van der Waals surface area contributed by atoms with Crippen molar-refractivity contribution in [2.24, 2.45) is 5.92 Å². The molecule has 19 heavy (non-hydrogen) atoms. The highest BCUT2D eigenvalue weighted by Gasteiger charge is 2.34. The second-order valence-electron chi connectivity index (χ2n) is 5.99. The summed E-state index contributed by atoms with van der Waals surface area (Å²) < 4.78 is 1.99. The molecule has 1 aliphatic heterocycles. The Balaban J connectivity index is 1.62. The number of rotatable bonds is 4. The van der Waals surface area contributed by atoms with Crippen LogP contribution in [-0.2, 0) is 6.54 Å². The van der Waals surface area contributed by atoms with Crippen molar-refractivity contribution < 1.29 is 0 Å². The molecule has 2 N–H and O–H groups in total. The molecule has 0 spiro atoms. The Morgan fingerprint density at radius 3 is 3.00 bits per heavy atom. The van der Waals surface area contributed by atoms with E-state index in [-0.39, 0.29) is 0 Å². The lowest BCUT2D eigenvalue weighted by atomic mass is 9.88. The first-order valence-electron chi connectivity index (χ1n) is 7.89. The third-order valence-corrected chi connectivity index (χ3v) is 4.74. The highest BCUT2D eigenvalue weighted by molar-refractivity contribution is 5.40. The summed E-state index contributed by atoms with van der Waals surface area (Å²) in [7, 11) is 0. The number of hydrogen-bond acceptors (Lipinski definition) is 3. The third kappa shape index (κ3) is 2.94. The zero-order valence-electron chi connectivity index (χ0n) is 11.9. The molecule has 1 aliphatic carbocycles. The van der Waals surface area contributed by atoms with E-state index in [2.05, 4.69) is 28.9 Å². The second-order valence-corrected chi connectivity index (χ2v) is 5.99. The summed E-state index contributed by atoms with van der Waals surface area (Å²) in [6.07, 6.45) is 12.2. The summed E-state index contributed by atoms with van der Waals surface area (Å²) in [6, 6.07) is 1.36. The Hall–Kier alpha value is -1.03. The highest BCUT2D eigenvalue weighted by atomic mass is 15.3. The van der Waals surface area contributed by atoms with Crippen LogP contribution in [0.4, 0.5) is 5.69 Å². The Morgan fingerprint density at radius 2 is 2.26 bits per heavy atom. The Labute approximate surface area is 116 Å². The van der Waals surface area contributed by atoms with E-state index in [4.69, 9.17) is 0 Å². The maximum Gasteiger partial charge on any atom is 0.0728 e. The van der Waals surface area contributed by atoms with Gasteiger partial charge in [0.2, 0.25) is 0 Å². The molecule has 4 nitrogen and oxygen atoms in total. The molecule has 0 radical (unpaired) electrons. The van der Waals surface area contributed by atoms with Crippen LogP contribution >= 0.6 is 0 Å². The zero-order chi connectivity index (χ0) is 13.1. The van der Waals surface area contributed by atoms with E-state index >= 15 is 0 Å². The normalized spacial score (nSPS) is 31.5. The predicted molar refractivity (Wildman–Crippen MR) is 78.3 cm³/mol. The number of anilines is 1. The van der Waals surface area contributed by atoms with Gasteiger partial charge in [0.15, 0.2) is 0 Å². The van der Waals surface area contributed by atoms with E-state index < -0.39 is 0 Å². The number of aromatic nitrogens is 2. The smallest absolute Gasteiger partial charge is 0.0728 e. The SMILES string of the molecule is CCn1cc(NC2CCCC2C2CCCCN2)cn1. The van der Waals surface area contributed by atoms with Crippen molar-refractivity contribution >= 4 is 5.69 Å². The third-order valence-electron chi connectivity index (χ3n) is 4.74. The number of aryl methyl sites for hydroxylation is 1. The number of nitrogens with one attached hydrogen (secondary N) is 2. The highest BCUT2D eigenvalue weighted by Crippen LogP contribution is 2.33. The minimum Gasteiger partial charge on any atom is -0.379 e. The van der Waals surface area contributed by atoms with Gasteiger partial charge in [-0.2, -0.15) is 5.10 Å². The minimum atomic E-state index is 0.630. The molecule has 2 fully saturated rings. The van der Waals surface area contributed by atoms with Crippen LogP contribution in [0.3, 0.4) is 0 Å². The molecule has 3 atom stereocenters. The standard InChI is InChI=1S/C15H26N4/c1-2-19-11-12(10-17-19)18-15-8-5-6-13(15)14-7-3-4-9-16-14/h10-11,13-16,18H,2-9H2,1H3. The van der Waals surface area contributed by atoms with Gasteiger partial charge in [-0.25, -0.2) is 0 Å². The van der Waals surface area contributed by atoms with Crippen molar-refractivity contribution in [3.05, 3.63) is 12.4 Å². The minimum absolute atomic E-state index is 0.630. The number of hydrogen-bond donors (Lipinski definition) is 2. The summed E-state index contributed by atoms with van der Waals surface area (Å²) >= 11 is 0. The first kappa shape index (κ1) is 13.0. The monoisotopic (exact) mass is 262 g/mol. The second kappa shape index (κ2) is 5.95. The zero-order valence-corrected chi connectivity index (χ0v) is 11.9. The van der Waals surface area contributed by atoms with Gasteiger partial charge in [-0.3, -0.25) is 4.68 Å². The molecular formula is C15H26N4. The topological polar surface area (TPSA) is 41.9 Å². The number of piperidine rings is 1. The molecule has 106 valence electrons. The molecule has 1 aromatic heterocycles. The van der Waals surface area contributed by atoms with Gasteiger partial charge in [-0.1, -0.05) is 12.8 Å². The lowest BCUT2D eigenvalue weighted by molar-refractivity contribution is 0.286. The quantitative estimate of drug-likeness (QED) is 0.876. The lowest BCUT2D eigenvalue weighted by Crippen LogP contribution is -2.44. The average Bonchev–Trinajstić information content (AvgIpc) is 3.09. The van der Waals surface area contributed by atoms with Crippen LogP contribution in [0.15, 0.2) is 12.4 Å². The van der Waals surface area contributed by atoms with Crippen molar-refractivity contribution in [2.45, 2.75) is 64.1 Å². The van der Waals surface area contributed by atoms with Gasteiger partial charge in [0.25, 0.3) is 0 Å². The van der Waals surface area contributed by atoms with E-state index in [1.165, 1.54) is 50.8 Å². The van der Waals surface area contributed by atoms with Crippen LogP contribution < -0.4 is 10.6 Å². The predicted octanol–water partition coefficient (Wildman–Crippen LogP) is 2.63. The van der Waals surface area contributed by atoms with E-state index in [1.54, 1.807) is 0 Å². The van der Waals surface area contributed by atoms with Crippen LogP contribution in [0.1, 0.15) is 45.4 Å². The van der Waals surface area contributed by atoms with Crippen molar-refractivity contribution in [3.8, 4) is 0 Å². The average molecular weight is 262 g/mol. The fourth-order valence-electron chi connectivity index (χ4n) is 3.72. The molecule has 1 saturated heterocycles. The van der Waals surface area contributed by atoms with Crippen LogP contribution in [0.25, 0.3) is 0 Å². The molecule has 2 aliphatic rings. The fourth-order valence-corrected chi connectivity index (χ4v) is 3.72. The molecule has 1 aromatic rings. The van der Waals surface area contributed by atoms with E-state index in [9.17, 15) is 0 Å². The number of nitrogens with zero attached hydrogens (tertiary/aromatic N) is 2. The summed E-state index contributed by atoms with van der Waals surface area (Å²) in [5.74, 6) is 0.797.